The fourth-order valence-electron chi connectivity index (χ4n) is 4.60. The molecule has 188 valence electrons. The summed E-state index contributed by atoms with van der Waals surface area (Å²) in [5.41, 5.74) is 0.872. The quantitative estimate of drug-likeness (QED) is 0.592. The van der Waals surface area contributed by atoms with Gasteiger partial charge in [0.05, 0.1) is 5.69 Å². The number of hydrogen-bond donors (Lipinski definition) is 1. The summed E-state index contributed by atoms with van der Waals surface area (Å²) in [4.78, 5) is 24.0. The lowest BCUT2D eigenvalue weighted by Crippen LogP contribution is -2.39. The van der Waals surface area contributed by atoms with Crippen molar-refractivity contribution >= 4 is 17.2 Å². The Labute approximate surface area is 200 Å². The molecule has 2 aromatic rings. The number of halogens is 3. The number of carbonyl (C=O) groups excluding carboxylic acids is 1. The number of rotatable bonds is 8. The number of nitrogens with one attached hydrogen (secondary N) is 1. The van der Waals surface area contributed by atoms with Crippen LogP contribution in [0.15, 0.2) is 4.52 Å². The molecule has 2 aromatic heterocycles. The molecule has 0 radical (unpaired) electrons. The summed E-state index contributed by atoms with van der Waals surface area (Å²) in [7, 11) is 0. The van der Waals surface area contributed by atoms with Crippen LogP contribution in [0.3, 0.4) is 0 Å². The van der Waals surface area contributed by atoms with Crippen molar-refractivity contribution in [3.63, 3.8) is 0 Å². The molecule has 0 unspecified atom stereocenters. The average molecular weight is 502 g/mol. The molecule has 2 aliphatic rings. The Kier molecular flexibility index (Phi) is 8.07. The van der Waals surface area contributed by atoms with E-state index in [0.717, 1.165) is 75.2 Å². The van der Waals surface area contributed by atoms with Gasteiger partial charge in [0.1, 0.15) is 6.42 Å². The fourth-order valence-corrected chi connectivity index (χ4v) is 5.55. The molecule has 1 N–H and O–H groups in total. The van der Waals surface area contributed by atoms with Crippen LogP contribution in [0.5, 0.6) is 5.19 Å². The Bertz CT molecular complexity index is 930. The zero-order valence-corrected chi connectivity index (χ0v) is 20.0. The number of ether oxygens (including phenoxy) is 1. The van der Waals surface area contributed by atoms with Crippen LogP contribution in [0.4, 0.5) is 13.2 Å². The Morgan fingerprint density at radius 2 is 1.97 bits per heavy atom. The number of fused-ring (bicyclic) bond motifs is 1. The maximum absolute atomic E-state index is 12.4. The first-order valence-corrected chi connectivity index (χ1v) is 12.5. The molecule has 34 heavy (non-hydrogen) atoms. The molecule has 8 nitrogen and oxygen atoms in total. The molecule has 1 amide bonds. The zero-order chi connectivity index (χ0) is 24.1. The van der Waals surface area contributed by atoms with Gasteiger partial charge in [-0.3, -0.25) is 4.79 Å². The summed E-state index contributed by atoms with van der Waals surface area (Å²) >= 11 is 1.24. The number of nitrogens with zero attached hydrogens (tertiary/aromatic N) is 4. The van der Waals surface area contributed by atoms with Crippen molar-refractivity contribution in [1.82, 2.24) is 25.3 Å². The van der Waals surface area contributed by atoms with Crippen molar-refractivity contribution in [2.75, 3.05) is 26.2 Å². The summed E-state index contributed by atoms with van der Waals surface area (Å²) in [5, 5.41) is 6.90. The molecular formula is C22H30F3N5O3S. The van der Waals surface area contributed by atoms with Gasteiger partial charge in [0, 0.05) is 30.4 Å². The predicted octanol–water partition coefficient (Wildman–Crippen LogP) is 3.48. The van der Waals surface area contributed by atoms with E-state index in [1.165, 1.54) is 11.3 Å². The Hall–Kier alpha value is -2.21. The number of aromatic nitrogens is 3. The maximum Gasteiger partial charge on any atom is 0.422 e. The number of alkyl halides is 3. The van der Waals surface area contributed by atoms with Crippen molar-refractivity contribution in [3.8, 4) is 5.19 Å². The van der Waals surface area contributed by atoms with Crippen molar-refractivity contribution in [1.29, 1.82) is 0 Å². The van der Waals surface area contributed by atoms with Crippen molar-refractivity contribution in [2.45, 2.75) is 70.5 Å². The summed E-state index contributed by atoms with van der Waals surface area (Å²) in [6.07, 6.45) is 2.54. The minimum atomic E-state index is -4.35. The summed E-state index contributed by atoms with van der Waals surface area (Å²) in [6.45, 7) is 3.17. The van der Waals surface area contributed by atoms with Crippen LogP contribution in [0.25, 0.3) is 0 Å². The summed E-state index contributed by atoms with van der Waals surface area (Å²) < 4.78 is 46.9. The molecule has 0 spiro atoms. The van der Waals surface area contributed by atoms with E-state index in [4.69, 9.17) is 9.26 Å². The Morgan fingerprint density at radius 1 is 1.21 bits per heavy atom. The van der Waals surface area contributed by atoms with Crippen molar-refractivity contribution < 1.29 is 27.2 Å². The van der Waals surface area contributed by atoms with Gasteiger partial charge in [0.15, 0.2) is 12.4 Å². The predicted molar refractivity (Wildman–Crippen MR) is 119 cm³/mol. The number of aryl methyl sites for hydroxylation is 1. The molecule has 0 bridgehead atoms. The molecule has 3 heterocycles. The number of amides is 1. The maximum atomic E-state index is 12.4. The lowest BCUT2D eigenvalue weighted by atomic mass is 9.84. The highest BCUT2D eigenvalue weighted by molar-refractivity contribution is 7.13. The number of thiazole rings is 1. The third-order valence-corrected chi connectivity index (χ3v) is 7.45. The minimum Gasteiger partial charge on any atom is -0.460 e. The largest absolute Gasteiger partial charge is 0.460 e. The second-order valence-electron chi connectivity index (χ2n) is 9.08. The van der Waals surface area contributed by atoms with E-state index in [9.17, 15) is 18.0 Å². The molecule has 1 aliphatic heterocycles. The van der Waals surface area contributed by atoms with Crippen molar-refractivity contribution in [2.24, 2.45) is 5.92 Å². The van der Waals surface area contributed by atoms with Gasteiger partial charge in [-0.05, 0) is 57.9 Å². The molecule has 1 fully saturated rings. The first-order valence-electron chi connectivity index (χ1n) is 11.7. The first kappa shape index (κ1) is 24.9. The molecule has 1 saturated carbocycles. The lowest BCUT2D eigenvalue weighted by Gasteiger charge is -2.30. The van der Waals surface area contributed by atoms with Gasteiger partial charge < -0.3 is 19.5 Å². The van der Waals surface area contributed by atoms with Gasteiger partial charge in [0.25, 0.3) is 5.19 Å². The van der Waals surface area contributed by atoms with Crippen LogP contribution < -0.4 is 10.1 Å². The van der Waals surface area contributed by atoms with E-state index in [-0.39, 0.29) is 23.6 Å². The third kappa shape index (κ3) is 7.39. The minimum absolute atomic E-state index is 0.0790. The molecule has 0 saturated heterocycles. The van der Waals surface area contributed by atoms with E-state index in [1.54, 1.807) is 6.92 Å². The lowest BCUT2D eigenvalue weighted by molar-refractivity contribution is -0.153. The van der Waals surface area contributed by atoms with Crippen LogP contribution in [-0.4, -0.2) is 64.4 Å². The van der Waals surface area contributed by atoms with Crippen LogP contribution >= 0.6 is 11.3 Å². The van der Waals surface area contributed by atoms with Crippen LogP contribution in [-0.2, 0) is 24.1 Å². The Morgan fingerprint density at radius 3 is 2.68 bits per heavy atom. The SMILES string of the molecule is Cc1noc(CC(=O)NC2CCC(CCN3CCc4nc(OCC(F)(F)F)sc4CC3)CC2)n1. The second-order valence-corrected chi connectivity index (χ2v) is 10.1. The number of carbonyl (C=O) groups is 1. The summed E-state index contributed by atoms with van der Waals surface area (Å²) in [5.74, 6) is 1.43. The standard InChI is InChI=1S/C22H30F3N5O3S/c1-14-26-20(33-29-14)12-19(31)27-16-4-2-15(3-5-16)6-9-30-10-7-17-18(8-11-30)34-21(28-17)32-13-22(23,24)25/h15-16H,2-13H2,1H3,(H,27,31). The van der Waals surface area contributed by atoms with Gasteiger partial charge in [-0.15, -0.1) is 0 Å². The molecule has 0 atom stereocenters. The van der Waals surface area contributed by atoms with Crippen molar-refractivity contribution in [3.05, 3.63) is 22.3 Å². The zero-order valence-electron chi connectivity index (χ0n) is 19.2. The molecule has 0 aromatic carbocycles. The molecule has 4 rings (SSSR count). The molecule has 1 aliphatic carbocycles. The van der Waals surface area contributed by atoms with Crippen LogP contribution in [0.2, 0.25) is 0 Å². The normalized spacial score (nSPS) is 21.6. The highest BCUT2D eigenvalue weighted by Crippen LogP contribution is 2.31. The highest BCUT2D eigenvalue weighted by atomic mass is 32.1. The van der Waals surface area contributed by atoms with E-state index < -0.39 is 12.8 Å². The average Bonchev–Trinajstić information content (AvgIpc) is 3.32. The van der Waals surface area contributed by atoms with Crippen LogP contribution in [0.1, 0.15) is 54.4 Å². The second kappa shape index (κ2) is 11.0. The first-order chi connectivity index (χ1) is 16.2. The molecule has 12 heteroatoms. The summed E-state index contributed by atoms with van der Waals surface area (Å²) in [6, 6.07) is 0.196. The highest BCUT2D eigenvalue weighted by Gasteiger charge is 2.30. The smallest absolute Gasteiger partial charge is 0.422 e. The van der Waals surface area contributed by atoms with E-state index in [1.807, 2.05) is 0 Å². The van der Waals surface area contributed by atoms with Gasteiger partial charge in [-0.1, -0.05) is 16.5 Å². The topological polar surface area (TPSA) is 93.4 Å². The van der Waals surface area contributed by atoms with E-state index >= 15 is 0 Å². The van der Waals surface area contributed by atoms with E-state index in [2.05, 4.69) is 25.3 Å². The van der Waals surface area contributed by atoms with Crippen LogP contribution in [0, 0.1) is 12.8 Å². The van der Waals surface area contributed by atoms with Gasteiger partial charge in [0.2, 0.25) is 11.8 Å². The fraction of sp³-hybridized carbons (Fsp3) is 0.727. The monoisotopic (exact) mass is 501 g/mol. The number of hydrogen-bond acceptors (Lipinski definition) is 8. The Balaban J connectivity index is 1.13. The third-order valence-electron chi connectivity index (χ3n) is 6.38. The van der Waals surface area contributed by atoms with E-state index in [0.29, 0.717) is 17.6 Å². The van der Waals surface area contributed by atoms with Gasteiger partial charge in [-0.2, -0.15) is 18.2 Å². The van der Waals surface area contributed by atoms with Gasteiger partial charge >= 0.3 is 6.18 Å². The van der Waals surface area contributed by atoms with Gasteiger partial charge in [-0.25, -0.2) is 4.98 Å². The molecular weight excluding hydrogens is 471 g/mol.